The summed E-state index contributed by atoms with van der Waals surface area (Å²) in [5.74, 6) is 0. The third-order valence-corrected chi connectivity index (χ3v) is 0.977. The molecule has 2 heteroatoms. The van der Waals surface area contributed by atoms with Crippen LogP contribution < -0.4 is 0 Å². The van der Waals surface area contributed by atoms with Crippen molar-refractivity contribution in [3.63, 3.8) is 0 Å². The van der Waals surface area contributed by atoms with Gasteiger partial charge < -0.3 is 9.47 Å². The summed E-state index contributed by atoms with van der Waals surface area (Å²) >= 11 is 0. The Hall–Kier alpha value is -0.0800. The van der Waals surface area contributed by atoms with Crippen molar-refractivity contribution < 1.29 is 9.47 Å². The number of hydrogen-bond donors (Lipinski definition) is 0. The highest BCUT2D eigenvalue weighted by Crippen LogP contribution is 1.89. The second kappa shape index (κ2) is 10.8. The minimum absolute atomic E-state index is 0.435. The molecule has 0 bridgehead atoms. The van der Waals surface area contributed by atoms with Crippen LogP contribution in [0.5, 0.6) is 0 Å². The van der Waals surface area contributed by atoms with E-state index in [4.69, 9.17) is 4.74 Å². The first kappa shape index (κ1) is 11.7. The monoisotopic (exact) mass is 134 g/mol. The molecule has 0 amide bonds. The minimum Gasteiger partial charge on any atom is -0.388 e. The van der Waals surface area contributed by atoms with Gasteiger partial charge in [-0.3, -0.25) is 0 Å². The predicted octanol–water partition coefficient (Wildman–Crippen LogP) is 1.69. The van der Waals surface area contributed by atoms with Gasteiger partial charge in [-0.05, 0) is 13.3 Å². The Bertz CT molecular complexity index is 33.9. The first-order valence-electron chi connectivity index (χ1n) is 3.15. The third kappa shape index (κ3) is 18.1. The van der Waals surface area contributed by atoms with Gasteiger partial charge >= 0.3 is 0 Å². The Morgan fingerprint density at radius 2 is 1.56 bits per heavy atom. The van der Waals surface area contributed by atoms with Crippen LogP contribution in [0, 0.1) is 0 Å². The van der Waals surface area contributed by atoms with E-state index in [9.17, 15) is 0 Å². The molecule has 0 aliphatic heterocycles. The summed E-state index contributed by atoms with van der Waals surface area (Å²) in [7, 11) is 4.98. The average Bonchev–Trinajstić information content (AvgIpc) is 1.88. The van der Waals surface area contributed by atoms with Crippen molar-refractivity contribution in [2.24, 2.45) is 0 Å². The molecule has 0 radical (unpaired) electrons. The standard InChI is InChI=1S/C5H12O.C2H6O/c1-4-5(2)6-3;1-3-2/h5H,4H2,1-3H3;1-2H3. The van der Waals surface area contributed by atoms with Gasteiger partial charge in [0.25, 0.3) is 0 Å². The van der Waals surface area contributed by atoms with Crippen molar-refractivity contribution >= 4 is 0 Å². The summed E-state index contributed by atoms with van der Waals surface area (Å²) in [6.45, 7) is 4.16. The fraction of sp³-hybridized carbons (Fsp3) is 1.00. The highest BCUT2D eigenvalue weighted by Gasteiger charge is 1.88. The van der Waals surface area contributed by atoms with Crippen molar-refractivity contribution in [2.75, 3.05) is 21.3 Å². The summed E-state index contributed by atoms with van der Waals surface area (Å²) in [5, 5.41) is 0. The van der Waals surface area contributed by atoms with Gasteiger partial charge in [0, 0.05) is 21.3 Å². The molecular formula is C7H18O2. The van der Waals surface area contributed by atoms with E-state index >= 15 is 0 Å². The van der Waals surface area contributed by atoms with Crippen molar-refractivity contribution in [3.8, 4) is 0 Å². The van der Waals surface area contributed by atoms with Crippen LogP contribution in [0.15, 0.2) is 0 Å². The molecule has 0 N–H and O–H groups in total. The Kier molecular flexibility index (Phi) is 14.0. The molecule has 0 saturated carbocycles. The lowest BCUT2D eigenvalue weighted by Gasteiger charge is -2.01. The molecule has 9 heavy (non-hydrogen) atoms. The summed E-state index contributed by atoms with van der Waals surface area (Å²) < 4.78 is 9.15. The molecular weight excluding hydrogens is 116 g/mol. The zero-order chi connectivity index (χ0) is 7.70. The predicted molar refractivity (Wildman–Crippen MR) is 39.7 cm³/mol. The van der Waals surface area contributed by atoms with E-state index < -0.39 is 0 Å². The smallest absolute Gasteiger partial charge is 0.0540 e. The summed E-state index contributed by atoms with van der Waals surface area (Å²) in [4.78, 5) is 0. The molecule has 58 valence electrons. The van der Waals surface area contributed by atoms with Gasteiger partial charge in [0.2, 0.25) is 0 Å². The van der Waals surface area contributed by atoms with Crippen LogP contribution >= 0.6 is 0 Å². The fourth-order valence-electron chi connectivity index (χ4n) is 0.167. The van der Waals surface area contributed by atoms with E-state index in [0.29, 0.717) is 6.10 Å². The topological polar surface area (TPSA) is 18.5 Å². The van der Waals surface area contributed by atoms with Crippen molar-refractivity contribution in [1.82, 2.24) is 0 Å². The zero-order valence-electron chi connectivity index (χ0n) is 7.10. The van der Waals surface area contributed by atoms with E-state index in [-0.39, 0.29) is 0 Å². The number of rotatable bonds is 2. The van der Waals surface area contributed by atoms with E-state index in [1.807, 2.05) is 0 Å². The number of methoxy groups -OCH3 is 2. The largest absolute Gasteiger partial charge is 0.388 e. The zero-order valence-corrected chi connectivity index (χ0v) is 7.10. The van der Waals surface area contributed by atoms with E-state index in [2.05, 4.69) is 18.6 Å². The van der Waals surface area contributed by atoms with Gasteiger partial charge in [-0.2, -0.15) is 0 Å². The molecule has 2 nitrogen and oxygen atoms in total. The van der Waals surface area contributed by atoms with Crippen LogP contribution in [0.2, 0.25) is 0 Å². The van der Waals surface area contributed by atoms with Crippen LogP contribution in [-0.2, 0) is 9.47 Å². The van der Waals surface area contributed by atoms with Gasteiger partial charge in [-0.25, -0.2) is 0 Å². The van der Waals surface area contributed by atoms with Crippen molar-refractivity contribution in [1.29, 1.82) is 0 Å². The minimum atomic E-state index is 0.435. The van der Waals surface area contributed by atoms with Gasteiger partial charge in [0.05, 0.1) is 6.10 Å². The van der Waals surface area contributed by atoms with Gasteiger partial charge in [0.15, 0.2) is 0 Å². The lowest BCUT2D eigenvalue weighted by atomic mass is 10.3. The Morgan fingerprint density at radius 1 is 1.22 bits per heavy atom. The number of ether oxygens (including phenoxy) is 2. The normalized spacial score (nSPS) is 11.7. The average molecular weight is 134 g/mol. The third-order valence-electron chi connectivity index (χ3n) is 0.977. The molecule has 0 spiro atoms. The lowest BCUT2D eigenvalue weighted by Crippen LogP contribution is -2.00. The van der Waals surface area contributed by atoms with Crippen LogP contribution in [0.4, 0.5) is 0 Å². The highest BCUT2D eigenvalue weighted by molar-refractivity contribution is 4.38. The quantitative estimate of drug-likeness (QED) is 0.572. The Morgan fingerprint density at radius 3 is 1.56 bits per heavy atom. The van der Waals surface area contributed by atoms with Crippen LogP contribution in [0.3, 0.4) is 0 Å². The fourth-order valence-corrected chi connectivity index (χ4v) is 0.167. The van der Waals surface area contributed by atoms with Gasteiger partial charge in [-0.15, -0.1) is 0 Å². The van der Waals surface area contributed by atoms with Crippen LogP contribution in [0.1, 0.15) is 20.3 Å². The first-order valence-corrected chi connectivity index (χ1v) is 3.15. The van der Waals surface area contributed by atoms with Crippen molar-refractivity contribution in [2.45, 2.75) is 26.4 Å². The van der Waals surface area contributed by atoms with Crippen LogP contribution in [-0.4, -0.2) is 27.4 Å². The second-order valence-corrected chi connectivity index (χ2v) is 1.86. The Labute approximate surface area is 58.2 Å². The molecule has 0 aliphatic rings. The SMILES string of the molecule is CCC(C)OC.COC. The molecule has 0 aliphatic carbocycles. The van der Waals surface area contributed by atoms with Gasteiger partial charge in [0.1, 0.15) is 0 Å². The molecule has 0 fully saturated rings. The van der Waals surface area contributed by atoms with E-state index in [1.165, 1.54) is 0 Å². The van der Waals surface area contributed by atoms with E-state index in [1.54, 1.807) is 21.3 Å². The molecule has 1 atom stereocenters. The van der Waals surface area contributed by atoms with Crippen LogP contribution in [0.25, 0.3) is 0 Å². The Balaban J connectivity index is 0. The summed E-state index contributed by atoms with van der Waals surface area (Å²) in [6, 6.07) is 0. The maximum atomic E-state index is 4.90. The molecule has 0 aromatic heterocycles. The first-order chi connectivity index (χ1) is 4.22. The molecule has 0 heterocycles. The molecule has 1 unspecified atom stereocenters. The van der Waals surface area contributed by atoms with Gasteiger partial charge in [-0.1, -0.05) is 6.92 Å². The maximum absolute atomic E-state index is 4.90. The lowest BCUT2D eigenvalue weighted by molar-refractivity contribution is 0.115. The summed E-state index contributed by atoms with van der Waals surface area (Å²) in [5.41, 5.74) is 0. The van der Waals surface area contributed by atoms with Crippen molar-refractivity contribution in [3.05, 3.63) is 0 Å². The van der Waals surface area contributed by atoms with E-state index in [0.717, 1.165) is 6.42 Å². The summed E-state index contributed by atoms with van der Waals surface area (Å²) in [6.07, 6.45) is 1.54. The number of hydrogen-bond acceptors (Lipinski definition) is 2. The highest BCUT2D eigenvalue weighted by atomic mass is 16.5. The molecule has 0 aromatic carbocycles. The second-order valence-electron chi connectivity index (χ2n) is 1.86. The maximum Gasteiger partial charge on any atom is 0.0540 e. The molecule has 0 rings (SSSR count). The molecule has 0 aromatic rings. The molecule has 0 saturated heterocycles.